The van der Waals surface area contributed by atoms with Gasteiger partial charge in [0, 0.05) is 40.9 Å². The minimum atomic E-state index is -0.606. The normalized spacial score (nSPS) is 14.1. The zero-order valence-electron chi connectivity index (χ0n) is 18.2. The highest BCUT2D eigenvalue weighted by molar-refractivity contribution is 5.91. The predicted molar refractivity (Wildman–Crippen MR) is 121 cm³/mol. The molecule has 1 aliphatic heterocycles. The molecule has 9 heteroatoms. The van der Waals surface area contributed by atoms with Gasteiger partial charge >= 0.3 is 5.97 Å². The van der Waals surface area contributed by atoms with Crippen LogP contribution in [0.25, 0.3) is 22.3 Å². The number of carbonyl (C=O) groups excluding carboxylic acids is 1. The molecular weight excluding hydrogens is 442 g/mol. The second-order valence-electron chi connectivity index (χ2n) is 7.71. The standard InChI is InChI=1S/C25H19NO8/c1-31-18-6-5-12(8-15(18)27)19-10-16(28)23-17(29)11-20-22(24(23)33-19)14(9-21(30)32-2)13-4-3-7-26-25(13)34-20/h3-8,10-11,14,27,29H,9H2,1-2H3. The molecule has 1 aliphatic rings. The van der Waals surface area contributed by atoms with Crippen molar-refractivity contribution >= 4 is 16.9 Å². The largest absolute Gasteiger partial charge is 0.507 e. The summed E-state index contributed by atoms with van der Waals surface area (Å²) in [5.74, 6) is -0.646. The number of fused-ring (bicyclic) bond motifs is 4. The van der Waals surface area contributed by atoms with Crippen LogP contribution in [0, 0.1) is 0 Å². The van der Waals surface area contributed by atoms with Crippen LogP contribution in [-0.2, 0) is 9.53 Å². The summed E-state index contributed by atoms with van der Waals surface area (Å²) in [4.78, 5) is 29.6. The van der Waals surface area contributed by atoms with Gasteiger partial charge in [0.25, 0.3) is 0 Å². The van der Waals surface area contributed by atoms with Gasteiger partial charge in [0.15, 0.2) is 16.9 Å². The van der Waals surface area contributed by atoms with E-state index in [4.69, 9.17) is 18.6 Å². The molecule has 0 saturated heterocycles. The van der Waals surface area contributed by atoms with Crippen LogP contribution in [-0.4, -0.2) is 35.4 Å². The van der Waals surface area contributed by atoms with E-state index in [0.29, 0.717) is 16.7 Å². The maximum atomic E-state index is 13.1. The molecule has 0 radical (unpaired) electrons. The molecular formula is C25H19NO8. The molecule has 2 N–H and O–H groups in total. The zero-order chi connectivity index (χ0) is 24.0. The number of esters is 1. The van der Waals surface area contributed by atoms with Gasteiger partial charge in [-0.05, 0) is 24.3 Å². The van der Waals surface area contributed by atoms with Crippen LogP contribution in [0.15, 0.2) is 57.9 Å². The molecule has 0 saturated carbocycles. The van der Waals surface area contributed by atoms with Crippen molar-refractivity contribution < 1.29 is 33.6 Å². The Hall–Kier alpha value is -4.53. The number of aromatic hydroxyl groups is 2. The van der Waals surface area contributed by atoms with Gasteiger partial charge in [-0.1, -0.05) is 6.07 Å². The number of benzene rings is 2. The topological polar surface area (TPSA) is 128 Å². The van der Waals surface area contributed by atoms with Crippen molar-refractivity contribution in [1.82, 2.24) is 4.98 Å². The fourth-order valence-corrected chi connectivity index (χ4v) is 4.19. The third-order valence-electron chi connectivity index (χ3n) is 5.77. The van der Waals surface area contributed by atoms with Crippen molar-refractivity contribution in [2.24, 2.45) is 0 Å². The Morgan fingerprint density at radius 2 is 1.94 bits per heavy atom. The summed E-state index contributed by atoms with van der Waals surface area (Å²) in [6.07, 6.45) is 1.48. The van der Waals surface area contributed by atoms with E-state index in [2.05, 4.69) is 4.98 Å². The van der Waals surface area contributed by atoms with E-state index in [1.165, 1.54) is 38.5 Å². The quantitative estimate of drug-likeness (QED) is 0.432. The third kappa shape index (κ3) is 3.38. The maximum absolute atomic E-state index is 13.1. The Labute approximate surface area is 192 Å². The molecule has 1 atom stereocenters. The van der Waals surface area contributed by atoms with Crippen molar-refractivity contribution in [3.05, 3.63) is 70.0 Å². The zero-order valence-corrected chi connectivity index (χ0v) is 18.2. The van der Waals surface area contributed by atoms with Gasteiger partial charge in [-0.15, -0.1) is 0 Å². The van der Waals surface area contributed by atoms with Gasteiger partial charge in [-0.3, -0.25) is 9.59 Å². The van der Waals surface area contributed by atoms with Gasteiger partial charge in [-0.25, -0.2) is 4.98 Å². The molecule has 1 unspecified atom stereocenters. The fourth-order valence-electron chi connectivity index (χ4n) is 4.19. The number of hydrogen-bond acceptors (Lipinski definition) is 9. The summed E-state index contributed by atoms with van der Waals surface area (Å²) in [7, 11) is 2.71. The first kappa shape index (κ1) is 21.3. The molecule has 34 heavy (non-hydrogen) atoms. The van der Waals surface area contributed by atoms with Crippen molar-refractivity contribution in [2.75, 3.05) is 14.2 Å². The number of methoxy groups -OCH3 is 2. The van der Waals surface area contributed by atoms with Crippen LogP contribution < -0.4 is 14.9 Å². The lowest BCUT2D eigenvalue weighted by Gasteiger charge is -2.27. The number of hydrogen-bond donors (Lipinski definition) is 2. The van der Waals surface area contributed by atoms with E-state index >= 15 is 0 Å². The number of rotatable bonds is 4. The Kier molecular flexibility index (Phi) is 5.09. The van der Waals surface area contributed by atoms with E-state index in [0.717, 1.165) is 0 Å². The smallest absolute Gasteiger partial charge is 0.306 e. The number of ether oxygens (including phenoxy) is 3. The fraction of sp³-hybridized carbons (Fsp3) is 0.160. The lowest BCUT2D eigenvalue weighted by atomic mass is 9.85. The number of carbonyl (C=O) groups is 1. The second-order valence-corrected chi connectivity index (χ2v) is 7.71. The molecule has 2 aromatic heterocycles. The molecule has 0 fully saturated rings. The second kappa shape index (κ2) is 8.11. The lowest BCUT2D eigenvalue weighted by Crippen LogP contribution is -2.17. The van der Waals surface area contributed by atoms with E-state index in [9.17, 15) is 19.8 Å². The van der Waals surface area contributed by atoms with Crippen LogP contribution in [0.3, 0.4) is 0 Å². The highest BCUT2D eigenvalue weighted by Gasteiger charge is 2.34. The van der Waals surface area contributed by atoms with Crippen molar-refractivity contribution in [3.63, 3.8) is 0 Å². The number of phenols is 2. The lowest BCUT2D eigenvalue weighted by molar-refractivity contribution is -0.140. The maximum Gasteiger partial charge on any atom is 0.306 e. The summed E-state index contributed by atoms with van der Waals surface area (Å²) >= 11 is 0. The first-order chi connectivity index (χ1) is 16.4. The van der Waals surface area contributed by atoms with Gasteiger partial charge < -0.3 is 28.8 Å². The number of pyridine rings is 1. The Morgan fingerprint density at radius 1 is 1.12 bits per heavy atom. The Balaban J connectivity index is 1.79. The number of phenolic OH excluding ortho intramolecular Hbond substituents is 2. The summed E-state index contributed by atoms with van der Waals surface area (Å²) in [6.45, 7) is 0. The molecule has 5 rings (SSSR count). The summed E-state index contributed by atoms with van der Waals surface area (Å²) in [5.41, 5.74) is 1.01. The van der Waals surface area contributed by atoms with E-state index in [1.54, 1.807) is 24.4 Å². The molecule has 4 aromatic rings. The number of nitrogens with zero attached hydrogens (tertiary/aromatic N) is 1. The molecule has 3 heterocycles. The Bertz CT molecular complexity index is 1510. The van der Waals surface area contributed by atoms with Crippen molar-refractivity contribution in [3.8, 4) is 40.2 Å². The van der Waals surface area contributed by atoms with E-state index in [1.807, 2.05) is 0 Å². The molecule has 0 spiro atoms. The molecule has 0 aliphatic carbocycles. The average Bonchev–Trinajstić information content (AvgIpc) is 2.83. The molecule has 0 bridgehead atoms. The SMILES string of the molecule is COC(=O)CC1c2cccnc2Oc2cc(O)c3c(=O)cc(-c4ccc(OC)c(O)c4)oc3c21. The monoisotopic (exact) mass is 461 g/mol. The van der Waals surface area contributed by atoms with Crippen LogP contribution in [0.2, 0.25) is 0 Å². The first-order valence-corrected chi connectivity index (χ1v) is 10.3. The van der Waals surface area contributed by atoms with Crippen LogP contribution in [0.1, 0.15) is 23.5 Å². The van der Waals surface area contributed by atoms with Gasteiger partial charge in [0.2, 0.25) is 5.88 Å². The first-order valence-electron chi connectivity index (χ1n) is 10.3. The summed E-state index contributed by atoms with van der Waals surface area (Å²) in [6, 6.07) is 10.6. The minimum Gasteiger partial charge on any atom is -0.507 e. The molecule has 172 valence electrons. The highest BCUT2D eigenvalue weighted by Crippen LogP contribution is 2.50. The van der Waals surface area contributed by atoms with Crippen LogP contribution in [0.5, 0.6) is 28.9 Å². The average molecular weight is 461 g/mol. The summed E-state index contributed by atoms with van der Waals surface area (Å²) < 4.78 is 22.0. The van der Waals surface area contributed by atoms with Crippen LogP contribution in [0.4, 0.5) is 0 Å². The van der Waals surface area contributed by atoms with Gasteiger partial charge in [0.1, 0.15) is 28.2 Å². The van der Waals surface area contributed by atoms with Gasteiger partial charge in [-0.2, -0.15) is 0 Å². The molecule has 9 nitrogen and oxygen atoms in total. The van der Waals surface area contributed by atoms with Crippen LogP contribution >= 0.6 is 0 Å². The predicted octanol–water partition coefficient (Wildman–Crippen LogP) is 4.08. The Morgan fingerprint density at radius 3 is 2.68 bits per heavy atom. The molecule has 0 amide bonds. The van der Waals surface area contributed by atoms with Crippen molar-refractivity contribution in [1.29, 1.82) is 0 Å². The van der Waals surface area contributed by atoms with E-state index < -0.39 is 17.3 Å². The third-order valence-corrected chi connectivity index (χ3v) is 5.77. The molecule has 2 aromatic carbocycles. The summed E-state index contributed by atoms with van der Waals surface area (Å²) in [5, 5.41) is 20.8. The minimum absolute atomic E-state index is 0.0500. The number of aromatic nitrogens is 1. The highest BCUT2D eigenvalue weighted by atomic mass is 16.5. The van der Waals surface area contributed by atoms with Gasteiger partial charge in [0.05, 0.1) is 20.6 Å². The van der Waals surface area contributed by atoms with Crippen molar-refractivity contribution in [2.45, 2.75) is 12.3 Å². The van der Waals surface area contributed by atoms with E-state index in [-0.39, 0.29) is 52.0 Å².